The maximum absolute atomic E-state index is 13.2. The van der Waals surface area contributed by atoms with Crippen LogP contribution in [0, 0.1) is 6.92 Å². The van der Waals surface area contributed by atoms with E-state index in [0.29, 0.717) is 23.9 Å². The van der Waals surface area contributed by atoms with E-state index in [-0.39, 0.29) is 16.9 Å². The zero-order valence-electron chi connectivity index (χ0n) is 18.9. The average molecular weight is 457 g/mol. The van der Waals surface area contributed by atoms with Crippen LogP contribution in [0.4, 0.5) is 0 Å². The first kappa shape index (κ1) is 23.8. The summed E-state index contributed by atoms with van der Waals surface area (Å²) in [6.45, 7) is 8.73. The maximum Gasteiger partial charge on any atom is 0.295 e. The highest BCUT2D eigenvalue weighted by Gasteiger charge is 2.46. The number of nitrogens with zero attached hydrogens (tertiary/aromatic N) is 2. The topological polar surface area (TPSA) is 70.1 Å². The Hall–Kier alpha value is -2.83. The number of Topliss-reactive ketones (excluding diaryl/α,β-unsaturated/α-hetero) is 1. The molecule has 1 amide bonds. The van der Waals surface area contributed by atoms with Crippen molar-refractivity contribution in [2.45, 2.75) is 26.8 Å². The van der Waals surface area contributed by atoms with Crippen molar-refractivity contribution < 1.29 is 19.4 Å². The zero-order valence-corrected chi connectivity index (χ0v) is 19.6. The highest BCUT2D eigenvalue weighted by atomic mass is 35.5. The summed E-state index contributed by atoms with van der Waals surface area (Å²) in [4.78, 5) is 30.1. The summed E-state index contributed by atoms with van der Waals surface area (Å²) < 4.78 is 5.37. The number of hydrogen-bond donors (Lipinski definition) is 1. The van der Waals surface area contributed by atoms with Crippen LogP contribution in [0.25, 0.3) is 5.76 Å². The lowest BCUT2D eigenvalue weighted by Crippen LogP contribution is -2.38. The number of rotatable bonds is 8. The molecule has 1 fully saturated rings. The molecular weight excluding hydrogens is 428 g/mol. The van der Waals surface area contributed by atoms with Crippen molar-refractivity contribution >= 4 is 29.1 Å². The lowest BCUT2D eigenvalue weighted by Gasteiger charge is -2.29. The fourth-order valence-electron chi connectivity index (χ4n) is 4.13. The number of benzene rings is 2. The molecule has 2 aromatic carbocycles. The molecule has 1 aliphatic heterocycles. The smallest absolute Gasteiger partial charge is 0.295 e. The molecule has 0 bridgehead atoms. The fourth-order valence-corrected chi connectivity index (χ4v) is 4.30. The molecule has 0 radical (unpaired) electrons. The third-order valence-corrected chi connectivity index (χ3v) is 6.23. The van der Waals surface area contributed by atoms with Crippen LogP contribution in [-0.2, 0) is 9.59 Å². The van der Waals surface area contributed by atoms with E-state index in [1.807, 2.05) is 31.2 Å². The number of ketones is 1. The predicted octanol–water partition coefficient (Wildman–Crippen LogP) is 4.42. The van der Waals surface area contributed by atoms with Gasteiger partial charge in [0.05, 0.1) is 24.3 Å². The van der Waals surface area contributed by atoms with Crippen LogP contribution < -0.4 is 4.74 Å². The molecule has 1 heterocycles. The van der Waals surface area contributed by atoms with Gasteiger partial charge in [-0.2, -0.15) is 0 Å². The number of aliphatic hydroxyl groups excluding tert-OH is 1. The predicted molar refractivity (Wildman–Crippen MR) is 126 cm³/mol. The summed E-state index contributed by atoms with van der Waals surface area (Å²) in [7, 11) is 1.47. The van der Waals surface area contributed by atoms with E-state index in [9.17, 15) is 14.7 Å². The quantitative estimate of drug-likeness (QED) is 0.361. The van der Waals surface area contributed by atoms with Crippen LogP contribution in [0.2, 0.25) is 5.02 Å². The molecule has 170 valence electrons. The van der Waals surface area contributed by atoms with Gasteiger partial charge in [0.1, 0.15) is 11.5 Å². The Bertz CT molecular complexity index is 1050. The monoisotopic (exact) mass is 456 g/mol. The molecule has 0 aliphatic carbocycles. The minimum absolute atomic E-state index is 0.0458. The SMILES string of the molecule is CCN(CC)CCN1C(=O)C(=O)/C(=C(/O)c2cc(Cl)ccc2OC)C1c1ccccc1C. The lowest BCUT2D eigenvalue weighted by atomic mass is 9.92. The lowest BCUT2D eigenvalue weighted by molar-refractivity contribution is -0.140. The van der Waals surface area contributed by atoms with E-state index in [4.69, 9.17) is 16.3 Å². The van der Waals surface area contributed by atoms with Gasteiger partial charge in [0.15, 0.2) is 0 Å². The van der Waals surface area contributed by atoms with Crippen LogP contribution in [0.15, 0.2) is 48.0 Å². The molecule has 6 nitrogen and oxygen atoms in total. The van der Waals surface area contributed by atoms with Crippen LogP contribution in [0.1, 0.15) is 36.6 Å². The van der Waals surface area contributed by atoms with Crippen LogP contribution >= 0.6 is 11.6 Å². The van der Waals surface area contributed by atoms with Crippen molar-refractivity contribution in [3.63, 3.8) is 0 Å². The normalized spacial score (nSPS) is 17.9. The molecule has 7 heteroatoms. The number of halogens is 1. The number of carbonyl (C=O) groups excluding carboxylic acids is 2. The van der Waals surface area contributed by atoms with Gasteiger partial charge in [-0.25, -0.2) is 0 Å². The number of amides is 1. The minimum atomic E-state index is -0.711. The Balaban J connectivity index is 2.18. The van der Waals surface area contributed by atoms with Crippen molar-refractivity contribution in [1.29, 1.82) is 0 Å². The molecule has 1 unspecified atom stereocenters. The Morgan fingerprint density at radius 1 is 1.16 bits per heavy atom. The number of methoxy groups -OCH3 is 1. The number of likely N-dealkylation sites (tertiary alicyclic amines) is 1. The summed E-state index contributed by atoms with van der Waals surface area (Å²) in [6.07, 6.45) is 0. The van der Waals surface area contributed by atoms with E-state index in [0.717, 1.165) is 24.2 Å². The molecule has 3 rings (SSSR count). The van der Waals surface area contributed by atoms with Gasteiger partial charge in [-0.05, 0) is 49.3 Å². The van der Waals surface area contributed by atoms with Gasteiger partial charge < -0.3 is 19.6 Å². The van der Waals surface area contributed by atoms with Crippen LogP contribution in [0.5, 0.6) is 5.75 Å². The average Bonchev–Trinajstić information content (AvgIpc) is 3.04. The molecule has 0 aromatic heterocycles. The summed E-state index contributed by atoms with van der Waals surface area (Å²) in [6, 6.07) is 11.7. The Labute approximate surface area is 194 Å². The van der Waals surface area contributed by atoms with E-state index in [1.54, 1.807) is 17.0 Å². The first-order chi connectivity index (χ1) is 15.3. The second-order valence-electron chi connectivity index (χ2n) is 7.72. The van der Waals surface area contributed by atoms with Gasteiger partial charge in [-0.3, -0.25) is 9.59 Å². The molecular formula is C25H29ClN2O4. The van der Waals surface area contributed by atoms with Gasteiger partial charge in [-0.1, -0.05) is 49.7 Å². The number of carbonyl (C=O) groups is 2. The molecule has 1 saturated heterocycles. The van der Waals surface area contributed by atoms with Gasteiger partial charge in [0, 0.05) is 18.1 Å². The summed E-state index contributed by atoms with van der Waals surface area (Å²) in [5.41, 5.74) is 2.05. The van der Waals surface area contributed by atoms with Gasteiger partial charge in [0.2, 0.25) is 0 Å². The van der Waals surface area contributed by atoms with E-state index >= 15 is 0 Å². The van der Waals surface area contributed by atoms with Gasteiger partial charge in [0.25, 0.3) is 11.7 Å². The van der Waals surface area contributed by atoms with E-state index < -0.39 is 17.7 Å². The highest BCUT2D eigenvalue weighted by molar-refractivity contribution is 6.46. The number of likely N-dealkylation sites (N-methyl/N-ethyl adjacent to an activating group) is 1. The first-order valence-corrected chi connectivity index (χ1v) is 11.1. The van der Waals surface area contributed by atoms with Crippen LogP contribution in [0.3, 0.4) is 0 Å². The molecule has 0 saturated carbocycles. The number of hydrogen-bond acceptors (Lipinski definition) is 5. The van der Waals surface area contributed by atoms with Crippen molar-refractivity contribution in [2.75, 3.05) is 33.3 Å². The van der Waals surface area contributed by atoms with Gasteiger partial charge in [-0.15, -0.1) is 0 Å². The third kappa shape index (κ3) is 4.52. The third-order valence-electron chi connectivity index (χ3n) is 5.99. The molecule has 1 N–H and O–H groups in total. The van der Waals surface area contributed by atoms with E-state index in [2.05, 4.69) is 18.7 Å². The Kier molecular flexibility index (Phi) is 7.59. The molecule has 1 atom stereocenters. The summed E-state index contributed by atoms with van der Waals surface area (Å²) in [5.74, 6) is -1.25. The molecule has 1 aliphatic rings. The molecule has 0 spiro atoms. The summed E-state index contributed by atoms with van der Waals surface area (Å²) in [5, 5.41) is 11.7. The zero-order chi connectivity index (χ0) is 23.4. The molecule has 32 heavy (non-hydrogen) atoms. The van der Waals surface area contributed by atoms with Crippen molar-refractivity contribution in [2.24, 2.45) is 0 Å². The highest BCUT2D eigenvalue weighted by Crippen LogP contribution is 2.42. The Morgan fingerprint density at radius 2 is 1.84 bits per heavy atom. The minimum Gasteiger partial charge on any atom is -0.507 e. The number of aryl methyl sites for hydroxylation is 1. The largest absolute Gasteiger partial charge is 0.507 e. The summed E-state index contributed by atoms with van der Waals surface area (Å²) >= 11 is 6.16. The Morgan fingerprint density at radius 3 is 2.47 bits per heavy atom. The van der Waals surface area contributed by atoms with Gasteiger partial charge >= 0.3 is 0 Å². The second kappa shape index (κ2) is 10.2. The van der Waals surface area contributed by atoms with Crippen molar-refractivity contribution in [3.05, 3.63) is 69.8 Å². The number of aliphatic hydroxyl groups is 1. The van der Waals surface area contributed by atoms with Crippen molar-refractivity contribution in [3.8, 4) is 5.75 Å². The second-order valence-corrected chi connectivity index (χ2v) is 8.16. The first-order valence-electron chi connectivity index (χ1n) is 10.7. The van der Waals surface area contributed by atoms with Crippen LogP contribution in [-0.4, -0.2) is 59.9 Å². The maximum atomic E-state index is 13.2. The van der Waals surface area contributed by atoms with E-state index in [1.165, 1.54) is 13.2 Å². The molecule has 2 aromatic rings. The fraction of sp³-hybridized carbons (Fsp3) is 0.360. The van der Waals surface area contributed by atoms with Crippen molar-refractivity contribution in [1.82, 2.24) is 9.80 Å². The number of ether oxygens (including phenoxy) is 1. The standard InChI is InChI=1S/C25H29ClN2O4/c1-5-27(6-2)13-14-28-22(18-10-8-7-9-16(18)3)21(24(30)25(28)31)23(29)19-15-17(26)11-12-20(19)32-4/h7-12,15,22,29H,5-6,13-14H2,1-4H3/b23-21+.